The molecule has 0 aromatic carbocycles. The zero-order valence-electron chi connectivity index (χ0n) is 16.7. The number of nitrogens with zero attached hydrogens (tertiary/aromatic N) is 2. The van der Waals surface area contributed by atoms with Gasteiger partial charge in [0.2, 0.25) is 0 Å². The number of aromatic nitrogens is 1. The number of aryl methyl sites for hydroxylation is 1. The number of pyridine rings is 1. The van der Waals surface area contributed by atoms with Gasteiger partial charge in [0.25, 0.3) is 0 Å². The van der Waals surface area contributed by atoms with Gasteiger partial charge < -0.3 is 24.4 Å². The highest BCUT2D eigenvalue weighted by molar-refractivity contribution is 5.74. The average molecular weight is 389 g/mol. The van der Waals surface area contributed by atoms with Crippen LogP contribution in [-0.4, -0.2) is 66.6 Å². The second kappa shape index (κ2) is 8.66. The van der Waals surface area contributed by atoms with Crippen molar-refractivity contribution in [2.24, 2.45) is 0 Å². The van der Waals surface area contributed by atoms with Crippen LogP contribution in [0.25, 0.3) is 0 Å². The molecule has 3 saturated heterocycles. The maximum absolute atomic E-state index is 12.8. The number of carbonyl (C=O) groups excluding carboxylic acids is 1. The molecule has 0 radical (unpaired) electrons. The van der Waals surface area contributed by atoms with Crippen molar-refractivity contribution in [3.63, 3.8) is 0 Å². The van der Waals surface area contributed by atoms with E-state index in [1.165, 1.54) is 0 Å². The topological polar surface area (TPSA) is 72.9 Å². The molecule has 1 aromatic heterocycles. The fourth-order valence-corrected chi connectivity index (χ4v) is 4.46. The van der Waals surface area contributed by atoms with Crippen molar-refractivity contribution in [1.29, 1.82) is 0 Å². The van der Waals surface area contributed by atoms with Crippen molar-refractivity contribution in [2.45, 2.75) is 63.2 Å². The second-order valence-corrected chi connectivity index (χ2v) is 8.23. The lowest BCUT2D eigenvalue weighted by molar-refractivity contribution is -0.139. The molecule has 1 spiro atoms. The number of hydrogen-bond donors (Lipinski definition) is 1. The highest BCUT2D eigenvalue weighted by Crippen LogP contribution is 2.34. The lowest BCUT2D eigenvalue weighted by atomic mass is 9.84. The molecule has 3 fully saturated rings. The van der Waals surface area contributed by atoms with Crippen molar-refractivity contribution in [3.8, 4) is 5.75 Å². The predicted molar refractivity (Wildman–Crippen MR) is 104 cm³/mol. The van der Waals surface area contributed by atoms with Gasteiger partial charge in [-0.25, -0.2) is 4.79 Å². The van der Waals surface area contributed by atoms with Gasteiger partial charge >= 0.3 is 6.03 Å². The first-order chi connectivity index (χ1) is 13.6. The Labute approximate surface area is 166 Å². The van der Waals surface area contributed by atoms with Crippen LogP contribution in [0.3, 0.4) is 0 Å². The summed E-state index contributed by atoms with van der Waals surface area (Å²) in [6.45, 7) is 5.68. The Morgan fingerprint density at radius 2 is 2.04 bits per heavy atom. The number of amides is 2. The van der Waals surface area contributed by atoms with E-state index in [0.29, 0.717) is 6.61 Å². The molecule has 7 heteroatoms. The molecular formula is C21H31N3O4. The van der Waals surface area contributed by atoms with Gasteiger partial charge in [-0.05, 0) is 38.7 Å². The molecule has 0 bridgehead atoms. The molecule has 7 nitrogen and oxygen atoms in total. The molecule has 3 aliphatic heterocycles. The van der Waals surface area contributed by atoms with E-state index in [1.54, 1.807) is 6.20 Å². The number of rotatable bonds is 3. The first kappa shape index (κ1) is 19.5. The number of nitrogens with one attached hydrogen (secondary N) is 1. The van der Waals surface area contributed by atoms with Gasteiger partial charge in [-0.3, -0.25) is 4.98 Å². The Balaban J connectivity index is 1.24. The highest BCUT2D eigenvalue weighted by atomic mass is 16.5. The van der Waals surface area contributed by atoms with E-state index in [0.717, 1.165) is 76.1 Å². The minimum atomic E-state index is -0.0995. The summed E-state index contributed by atoms with van der Waals surface area (Å²) < 4.78 is 17.7. The maximum atomic E-state index is 12.8. The first-order valence-electron chi connectivity index (χ1n) is 10.5. The molecule has 4 rings (SSSR count). The number of likely N-dealkylation sites (tertiary alicyclic amines) is 1. The van der Waals surface area contributed by atoms with Crippen LogP contribution in [0.4, 0.5) is 4.79 Å². The second-order valence-electron chi connectivity index (χ2n) is 8.23. The van der Waals surface area contributed by atoms with Crippen LogP contribution in [0.15, 0.2) is 18.5 Å². The van der Waals surface area contributed by atoms with Gasteiger partial charge in [-0.1, -0.05) is 0 Å². The summed E-state index contributed by atoms with van der Waals surface area (Å²) in [7, 11) is 0. The fraction of sp³-hybridized carbons (Fsp3) is 0.714. The quantitative estimate of drug-likeness (QED) is 0.860. The van der Waals surface area contributed by atoms with Crippen LogP contribution in [0, 0.1) is 6.92 Å². The molecule has 2 amide bonds. The standard InChI is InChI=1S/C21H31N3O4/c1-16-15-22-8-2-19(16)28-18-3-9-24(10-4-18)20(25)23-17-5-11-27-21(14-17)6-12-26-13-7-21/h2,8,15,17-18H,3-7,9-14H2,1H3,(H,23,25). The van der Waals surface area contributed by atoms with Crippen LogP contribution >= 0.6 is 0 Å². The SMILES string of the molecule is Cc1cnccc1OC1CCN(C(=O)NC2CCOC3(CCOCC3)C2)CC1. The van der Waals surface area contributed by atoms with Gasteiger partial charge in [0.05, 0.1) is 5.60 Å². The van der Waals surface area contributed by atoms with Crippen molar-refractivity contribution >= 4 is 6.03 Å². The summed E-state index contributed by atoms with van der Waals surface area (Å²) in [6.07, 6.45) is 9.06. The van der Waals surface area contributed by atoms with Crippen LogP contribution in [0.1, 0.15) is 44.1 Å². The van der Waals surface area contributed by atoms with Gasteiger partial charge in [-0.2, -0.15) is 0 Å². The summed E-state index contributed by atoms with van der Waals surface area (Å²) in [5, 5.41) is 3.25. The maximum Gasteiger partial charge on any atom is 0.317 e. The third kappa shape index (κ3) is 4.58. The molecule has 3 aliphatic rings. The summed E-state index contributed by atoms with van der Waals surface area (Å²) in [4.78, 5) is 18.8. The predicted octanol–water partition coefficient (Wildman–Crippen LogP) is 2.67. The third-order valence-corrected chi connectivity index (χ3v) is 6.22. The summed E-state index contributed by atoms with van der Waals surface area (Å²) in [6, 6.07) is 2.14. The van der Waals surface area contributed by atoms with E-state index in [1.807, 2.05) is 24.1 Å². The normalized spacial score (nSPS) is 25.5. The average Bonchev–Trinajstić information content (AvgIpc) is 2.71. The van der Waals surface area contributed by atoms with E-state index in [4.69, 9.17) is 14.2 Å². The Hall–Kier alpha value is -1.86. The Morgan fingerprint density at radius 1 is 1.25 bits per heavy atom. The zero-order chi connectivity index (χ0) is 19.4. The third-order valence-electron chi connectivity index (χ3n) is 6.22. The molecule has 1 unspecified atom stereocenters. The zero-order valence-corrected chi connectivity index (χ0v) is 16.7. The Bertz CT molecular complexity index is 664. The molecule has 1 aromatic rings. The van der Waals surface area contributed by atoms with E-state index in [-0.39, 0.29) is 23.8 Å². The molecule has 0 aliphatic carbocycles. The van der Waals surface area contributed by atoms with Gasteiger partial charge in [0.15, 0.2) is 0 Å². The monoisotopic (exact) mass is 389 g/mol. The number of carbonyl (C=O) groups is 1. The smallest absolute Gasteiger partial charge is 0.317 e. The van der Waals surface area contributed by atoms with Gasteiger partial charge in [-0.15, -0.1) is 0 Å². The molecule has 4 heterocycles. The van der Waals surface area contributed by atoms with Crippen LogP contribution < -0.4 is 10.1 Å². The largest absolute Gasteiger partial charge is 0.490 e. The minimum absolute atomic E-state index is 0.0488. The van der Waals surface area contributed by atoms with Crippen LogP contribution in [-0.2, 0) is 9.47 Å². The molecule has 0 saturated carbocycles. The van der Waals surface area contributed by atoms with E-state index in [9.17, 15) is 4.79 Å². The number of urea groups is 1. The molecule has 1 N–H and O–H groups in total. The van der Waals surface area contributed by atoms with Crippen LogP contribution in [0.2, 0.25) is 0 Å². The van der Waals surface area contributed by atoms with Crippen molar-refractivity contribution in [1.82, 2.24) is 15.2 Å². The Kier molecular flexibility index (Phi) is 6.01. The molecule has 28 heavy (non-hydrogen) atoms. The summed E-state index contributed by atoms with van der Waals surface area (Å²) in [5.74, 6) is 0.891. The lowest BCUT2D eigenvalue weighted by Gasteiger charge is -2.44. The minimum Gasteiger partial charge on any atom is -0.490 e. The number of ether oxygens (including phenoxy) is 3. The molecule has 1 atom stereocenters. The summed E-state index contributed by atoms with van der Waals surface area (Å²) in [5.41, 5.74) is 0.946. The van der Waals surface area contributed by atoms with E-state index < -0.39 is 0 Å². The van der Waals surface area contributed by atoms with E-state index in [2.05, 4.69) is 10.3 Å². The van der Waals surface area contributed by atoms with Crippen molar-refractivity contribution in [2.75, 3.05) is 32.9 Å². The Morgan fingerprint density at radius 3 is 2.79 bits per heavy atom. The molecule has 154 valence electrons. The number of piperidine rings is 1. The van der Waals surface area contributed by atoms with Crippen molar-refractivity contribution in [3.05, 3.63) is 24.0 Å². The summed E-state index contributed by atoms with van der Waals surface area (Å²) >= 11 is 0. The van der Waals surface area contributed by atoms with Crippen molar-refractivity contribution < 1.29 is 19.0 Å². The highest BCUT2D eigenvalue weighted by Gasteiger charge is 2.40. The van der Waals surface area contributed by atoms with Gasteiger partial charge in [0, 0.05) is 69.8 Å². The molecular weight excluding hydrogens is 358 g/mol. The van der Waals surface area contributed by atoms with Crippen LogP contribution in [0.5, 0.6) is 5.75 Å². The van der Waals surface area contributed by atoms with Gasteiger partial charge in [0.1, 0.15) is 11.9 Å². The first-order valence-corrected chi connectivity index (χ1v) is 10.5. The number of hydrogen-bond acceptors (Lipinski definition) is 5. The lowest BCUT2D eigenvalue weighted by Crippen LogP contribution is -2.54. The fourth-order valence-electron chi connectivity index (χ4n) is 4.46. The van der Waals surface area contributed by atoms with E-state index >= 15 is 0 Å².